The Morgan fingerprint density at radius 1 is 1.65 bits per heavy atom. The molecule has 1 aliphatic heterocycles. The lowest BCUT2D eigenvalue weighted by Gasteiger charge is -2.21. The van der Waals surface area contributed by atoms with Crippen LogP contribution in [0, 0.1) is 6.92 Å². The maximum absolute atomic E-state index is 10.9. The molecule has 0 saturated carbocycles. The third-order valence-electron chi connectivity index (χ3n) is 3.13. The Labute approximate surface area is 100.0 Å². The van der Waals surface area contributed by atoms with Crippen LogP contribution in [0.25, 0.3) is 0 Å². The summed E-state index contributed by atoms with van der Waals surface area (Å²) >= 11 is 0. The second kappa shape index (κ2) is 4.89. The summed E-state index contributed by atoms with van der Waals surface area (Å²) in [7, 11) is 2.00. The number of hydrogen-bond donors (Lipinski definition) is 1. The molecule has 5 nitrogen and oxygen atoms in total. The lowest BCUT2D eigenvalue weighted by atomic mass is 10.2. The third kappa shape index (κ3) is 2.68. The first kappa shape index (κ1) is 12.1. The number of carbonyl (C=O) groups is 1. The maximum atomic E-state index is 10.9. The predicted molar refractivity (Wildman–Crippen MR) is 61.1 cm³/mol. The fourth-order valence-corrected chi connectivity index (χ4v) is 2.08. The van der Waals surface area contributed by atoms with Crippen molar-refractivity contribution >= 4 is 5.97 Å². The van der Waals surface area contributed by atoms with Gasteiger partial charge in [-0.1, -0.05) is 0 Å². The number of rotatable bonds is 4. The summed E-state index contributed by atoms with van der Waals surface area (Å²) in [6.07, 6.45) is 1.02. The molecule has 0 spiro atoms. The molecule has 1 aromatic heterocycles. The van der Waals surface area contributed by atoms with Gasteiger partial charge in [0.25, 0.3) is 0 Å². The Hall–Kier alpha value is -1.33. The van der Waals surface area contributed by atoms with E-state index in [9.17, 15) is 4.79 Å². The Bertz CT molecular complexity index is 407. The number of hydrogen-bond acceptors (Lipinski definition) is 4. The molecule has 1 fully saturated rings. The molecule has 2 rings (SSSR count). The summed E-state index contributed by atoms with van der Waals surface area (Å²) in [5.74, 6) is 0.210. The first-order valence-corrected chi connectivity index (χ1v) is 5.68. The first-order chi connectivity index (χ1) is 8.08. The molecule has 0 radical (unpaired) electrons. The number of furan rings is 1. The molecule has 1 atom stereocenters. The fourth-order valence-electron chi connectivity index (χ4n) is 2.08. The number of aromatic carboxylic acids is 1. The topological polar surface area (TPSA) is 62.9 Å². The van der Waals surface area contributed by atoms with E-state index in [2.05, 4.69) is 4.90 Å². The van der Waals surface area contributed by atoms with Gasteiger partial charge in [0.2, 0.25) is 0 Å². The molecular formula is C12H17NO4. The van der Waals surface area contributed by atoms with Crippen LogP contribution in [0.2, 0.25) is 0 Å². The van der Waals surface area contributed by atoms with Gasteiger partial charge in [-0.2, -0.15) is 0 Å². The zero-order chi connectivity index (χ0) is 12.4. The van der Waals surface area contributed by atoms with Crippen LogP contribution in [-0.4, -0.2) is 42.3 Å². The molecule has 0 aliphatic carbocycles. The minimum absolute atomic E-state index is 0.246. The van der Waals surface area contributed by atoms with Crippen molar-refractivity contribution in [2.24, 2.45) is 0 Å². The average Bonchev–Trinajstić information content (AvgIpc) is 2.86. The minimum atomic E-state index is -0.940. The van der Waals surface area contributed by atoms with Crippen molar-refractivity contribution in [2.75, 3.05) is 20.3 Å². The number of carboxylic acid groups (broad SMARTS) is 1. The predicted octanol–water partition coefficient (Wildman–Crippen LogP) is 1.51. The van der Waals surface area contributed by atoms with Crippen LogP contribution in [-0.2, 0) is 11.3 Å². The van der Waals surface area contributed by atoms with Gasteiger partial charge in [-0.25, -0.2) is 4.79 Å². The molecule has 0 aromatic carbocycles. The van der Waals surface area contributed by atoms with Gasteiger partial charge < -0.3 is 14.3 Å². The maximum Gasteiger partial charge on any atom is 0.339 e. The van der Waals surface area contributed by atoms with E-state index in [4.69, 9.17) is 14.3 Å². The van der Waals surface area contributed by atoms with Gasteiger partial charge in [-0.15, -0.1) is 0 Å². The Morgan fingerprint density at radius 3 is 2.94 bits per heavy atom. The van der Waals surface area contributed by atoms with Gasteiger partial charge in [0, 0.05) is 12.6 Å². The largest absolute Gasteiger partial charge is 0.478 e. The fraction of sp³-hybridized carbons (Fsp3) is 0.583. The smallest absolute Gasteiger partial charge is 0.339 e. The van der Waals surface area contributed by atoms with Crippen molar-refractivity contribution in [3.05, 3.63) is 23.2 Å². The summed E-state index contributed by atoms with van der Waals surface area (Å²) in [5.41, 5.74) is 0.246. The lowest BCUT2D eigenvalue weighted by molar-refractivity contribution is 0.0695. The molecule has 1 saturated heterocycles. The highest BCUT2D eigenvalue weighted by atomic mass is 16.5. The Morgan fingerprint density at radius 2 is 2.41 bits per heavy atom. The molecule has 0 amide bonds. The molecule has 2 heterocycles. The van der Waals surface area contributed by atoms with E-state index in [-0.39, 0.29) is 5.56 Å². The van der Waals surface area contributed by atoms with Gasteiger partial charge in [-0.3, -0.25) is 4.90 Å². The van der Waals surface area contributed by atoms with Crippen LogP contribution in [0.3, 0.4) is 0 Å². The molecule has 0 bridgehead atoms. The van der Waals surface area contributed by atoms with Crippen molar-refractivity contribution < 1.29 is 19.1 Å². The van der Waals surface area contributed by atoms with Gasteiger partial charge in [0.15, 0.2) is 0 Å². The van der Waals surface area contributed by atoms with Crippen molar-refractivity contribution in [3.8, 4) is 0 Å². The Kier molecular flexibility index (Phi) is 3.49. The zero-order valence-corrected chi connectivity index (χ0v) is 10.1. The van der Waals surface area contributed by atoms with Gasteiger partial charge in [0.1, 0.15) is 17.1 Å². The molecule has 1 N–H and O–H groups in total. The zero-order valence-electron chi connectivity index (χ0n) is 10.1. The monoisotopic (exact) mass is 239 g/mol. The second-order valence-corrected chi connectivity index (χ2v) is 4.42. The van der Waals surface area contributed by atoms with Crippen molar-refractivity contribution in [2.45, 2.75) is 25.9 Å². The number of carboxylic acids is 1. The lowest BCUT2D eigenvalue weighted by Crippen LogP contribution is -2.31. The second-order valence-electron chi connectivity index (χ2n) is 4.42. The van der Waals surface area contributed by atoms with Crippen LogP contribution < -0.4 is 0 Å². The summed E-state index contributed by atoms with van der Waals surface area (Å²) in [5, 5.41) is 8.93. The highest BCUT2D eigenvalue weighted by Crippen LogP contribution is 2.18. The van der Waals surface area contributed by atoms with Gasteiger partial charge >= 0.3 is 5.97 Å². The SMILES string of the molecule is Cc1oc(CN(C)C2CCOC2)cc1C(=O)O. The first-order valence-electron chi connectivity index (χ1n) is 5.68. The van der Waals surface area contributed by atoms with Crippen LogP contribution in [0.1, 0.15) is 28.3 Å². The highest BCUT2D eigenvalue weighted by Gasteiger charge is 2.22. The third-order valence-corrected chi connectivity index (χ3v) is 3.13. The van der Waals surface area contributed by atoms with Crippen LogP contribution >= 0.6 is 0 Å². The summed E-state index contributed by atoms with van der Waals surface area (Å²) in [6, 6.07) is 2.00. The van der Waals surface area contributed by atoms with Crippen molar-refractivity contribution in [1.82, 2.24) is 4.90 Å². The van der Waals surface area contributed by atoms with E-state index < -0.39 is 5.97 Å². The molecule has 17 heavy (non-hydrogen) atoms. The van der Waals surface area contributed by atoms with Crippen LogP contribution in [0.4, 0.5) is 0 Å². The van der Waals surface area contributed by atoms with Crippen LogP contribution in [0.5, 0.6) is 0 Å². The summed E-state index contributed by atoms with van der Waals surface area (Å²) in [4.78, 5) is 13.0. The number of aryl methyl sites for hydroxylation is 1. The van der Waals surface area contributed by atoms with E-state index >= 15 is 0 Å². The quantitative estimate of drug-likeness (QED) is 0.862. The minimum Gasteiger partial charge on any atom is -0.478 e. The molecule has 1 aliphatic rings. The normalized spacial score (nSPS) is 20.1. The standard InChI is InChI=1S/C12H17NO4/c1-8-11(12(14)15)5-10(17-8)6-13(2)9-3-4-16-7-9/h5,9H,3-4,6-7H2,1-2H3,(H,14,15). The Balaban J connectivity index is 2.03. The van der Waals surface area contributed by atoms with E-state index in [1.54, 1.807) is 13.0 Å². The van der Waals surface area contributed by atoms with Crippen molar-refractivity contribution in [3.63, 3.8) is 0 Å². The van der Waals surface area contributed by atoms with Crippen molar-refractivity contribution in [1.29, 1.82) is 0 Å². The summed E-state index contributed by atoms with van der Waals surface area (Å²) < 4.78 is 10.8. The van der Waals surface area contributed by atoms with E-state index in [1.165, 1.54) is 0 Å². The van der Waals surface area contributed by atoms with Gasteiger partial charge in [-0.05, 0) is 26.5 Å². The number of likely N-dealkylation sites (N-methyl/N-ethyl adjacent to an activating group) is 1. The average molecular weight is 239 g/mol. The number of nitrogens with zero attached hydrogens (tertiary/aromatic N) is 1. The van der Waals surface area contributed by atoms with Crippen LogP contribution in [0.15, 0.2) is 10.5 Å². The molecular weight excluding hydrogens is 222 g/mol. The molecule has 94 valence electrons. The molecule has 1 unspecified atom stereocenters. The van der Waals surface area contributed by atoms with Gasteiger partial charge in [0.05, 0.1) is 13.2 Å². The molecule has 5 heteroatoms. The van der Waals surface area contributed by atoms with E-state index in [1.807, 2.05) is 7.05 Å². The summed E-state index contributed by atoms with van der Waals surface area (Å²) in [6.45, 7) is 3.82. The molecule has 1 aromatic rings. The van der Waals surface area contributed by atoms with E-state index in [0.717, 1.165) is 19.6 Å². The van der Waals surface area contributed by atoms with E-state index in [0.29, 0.717) is 24.1 Å². The highest BCUT2D eigenvalue weighted by molar-refractivity contribution is 5.88. The number of ether oxygens (including phenoxy) is 1.